The topological polar surface area (TPSA) is 244 Å². The predicted octanol–water partition coefficient (Wildman–Crippen LogP) is 7.33. The molecule has 0 radical (unpaired) electrons. The number of esters is 2. The molecule has 18 heteroatoms. The van der Waals surface area contributed by atoms with Gasteiger partial charge in [-0.2, -0.15) is 15.1 Å². The molecular weight excluding hydrogens is 767 g/mol. The van der Waals surface area contributed by atoms with Crippen LogP contribution in [0, 0.1) is 11.8 Å². The Morgan fingerprint density at radius 1 is 0.793 bits per heavy atom. The van der Waals surface area contributed by atoms with Crippen molar-refractivity contribution < 1.29 is 36.5 Å². The van der Waals surface area contributed by atoms with E-state index in [2.05, 4.69) is 40.2 Å². The maximum absolute atomic E-state index is 12.5. The fourth-order valence-corrected chi connectivity index (χ4v) is 8.44. The minimum Gasteiger partial charge on any atom is -0.460 e. The monoisotopic (exact) mass is 833 g/mol. The number of nitrogens with zero attached hydrogens (tertiary/aromatic N) is 6. The Hall–Kier alpha value is -3.77. The van der Waals surface area contributed by atoms with E-state index in [-0.39, 0.29) is 60.7 Å². The first-order valence-electron chi connectivity index (χ1n) is 21.1. The number of ether oxygens (including phenoxy) is 2. The summed E-state index contributed by atoms with van der Waals surface area (Å²) in [5.74, 6) is 2.14. The molecule has 2 fully saturated rings. The van der Waals surface area contributed by atoms with Crippen LogP contribution in [0.3, 0.4) is 0 Å². The quantitative estimate of drug-likeness (QED) is 0.100. The lowest BCUT2D eigenvalue weighted by molar-refractivity contribution is -0.156. The zero-order valence-corrected chi connectivity index (χ0v) is 36.3. The summed E-state index contributed by atoms with van der Waals surface area (Å²) in [6.07, 6.45) is 20.7. The molecule has 2 aliphatic rings. The van der Waals surface area contributed by atoms with Crippen LogP contribution < -0.4 is 10.5 Å². The van der Waals surface area contributed by atoms with Gasteiger partial charge in [0.15, 0.2) is 11.6 Å². The first-order valence-corrected chi connectivity index (χ1v) is 22.6. The highest BCUT2D eigenvalue weighted by Gasteiger charge is 2.28. The number of carbonyl (C=O) groups is 2. The third-order valence-corrected chi connectivity index (χ3v) is 11.6. The highest BCUT2D eigenvalue weighted by atomic mass is 32.2. The minimum absolute atomic E-state index is 0.0914. The van der Waals surface area contributed by atoms with Crippen molar-refractivity contribution in [3.05, 3.63) is 29.8 Å². The molecule has 17 nitrogen and oxygen atoms in total. The van der Waals surface area contributed by atoms with Gasteiger partial charge in [-0.25, -0.2) is 23.2 Å². The second-order valence-corrected chi connectivity index (χ2v) is 19.4. The van der Waals surface area contributed by atoms with Gasteiger partial charge in [-0.15, -0.1) is 0 Å². The van der Waals surface area contributed by atoms with Crippen molar-refractivity contribution in [1.82, 2.24) is 40.2 Å². The fraction of sp³-hybridized carbons (Fsp3) is 0.800. The normalized spacial score (nSPS) is 16.9. The summed E-state index contributed by atoms with van der Waals surface area (Å²) in [7, 11) is -3.87. The molecule has 2 atom stereocenters. The van der Waals surface area contributed by atoms with Crippen LogP contribution in [0.15, 0.2) is 20.5 Å². The summed E-state index contributed by atoms with van der Waals surface area (Å²) in [5.41, 5.74) is 4.50. The van der Waals surface area contributed by atoms with E-state index < -0.39 is 21.2 Å². The molecule has 0 spiro atoms. The standard InChI is InChI=1S/C21H34N6O5S.C19H33N3O3/c1-21(2,3)31-18(28)12-16(11-7-10-15-8-5-4-6-9-15)19-25-17(27-32-19)13-24-33(29,30)20-22-14-23-26-20;1-19(2,3)24-17(23)12-15(18-21-16(13-20)22-25-18)11-7-10-14-8-5-4-6-9-14/h14-16,24H,4-13H2,1-3H3,(H,22,23,26);14-15H,4-13,20H2,1-3H3/t16-;15-/m11/s1. The minimum atomic E-state index is -3.87. The van der Waals surface area contributed by atoms with E-state index in [1.54, 1.807) is 0 Å². The highest BCUT2D eigenvalue weighted by Crippen LogP contribution is 2.33. The van der Waals surface area contributed by atoms with Crippen LogP contribution in [0.25, 0.3) is 0 Å². The van der Waals surface area contributed by atoms with E-state index in [1.807, 2.05) is 41.5 Å². The number of aromatic amines is 1. The maximum atomic E-state index is 12.5. The van der Waals surface area contributed by atoms with Crippen molar-refractivity contribution in [1.29, 1.82) is 0 Å². The van der Waals surface area contributed by atoms with Gasteiger partial charge < -0.3 is 24.3 Å². The van der Waals surface area contributed by atoms with Crippen molar-refractivity contribution in [3.63, 3.8) is 0 Å². The summed E-state index contributed by atoms with van der Waals surface area (Å²) >= 11 is 0. The molecule has 58 heavy (non-hydrogen) atoms. The first kappa shape index (κ1) is 46.9. The van der Waals surface area contributed by atoms with Crippen LogP contribution in [0.2, 0.25) is 0 Å². The summed E-state index contributed by atoms with van der Waals surface area (Å²) in [4.78, 5) is 37.0. The summed E-state index contributed by atoms with van der Waals surface area (Å²) in [6.45, 7) is 11.2. The van der Waals surface area contributed by atoms with E-state index in [4.69, 9.17) is 24.3 Å². The van der Waals surface area contributed by atoms with E-state index in [9.17, 15) is 18.0 Å². The Balaban J connectivity index is 0.000000267. The molecule has 0 unspecified atom stereocenters. The molecule has 4 N–H and O–H groups in total. The van der Waals surface area contributed by atoms with Gasteiger partial charge >= 0.3 is 11.9 Å². The SMILES string of the molecule is CC(C)(C)OC(=O)C[C@@H](CCCC1CCCCC1)c1nc(CN)no1.CC(C)(C)OC(=O)C[C@@H](CCCC1CCCCC1)c1nc(CNS(=O)(=O)c2ncn[nH]2)no1. The second kappa shape index (κ2) is 22.6. The zero-order chi connectivity index (χ0) is 42.2. The molecule has 2 aliphatic carbocycles. The second-order valence-electron chi connectivity index (χ2n) is 17.8. The van der Waals surface area contributed by atoms with Crippen molar-refractivity contribution in [2.45, 2.75) is 198 Å². The number of sulfonamides is 1. The van der Waals surface area contributed by atoms with Crippen LogP contribution in [0.1, 0.15) is 192 Å². The molecule has 0 saturated heterocycles. The molecule has 326 valence electrons. The number of carbonyl (C=O) groups excluding carboxylic acids is 2. The summed E-state index contributed by atoms with van der Waals surface area (Å²) in [6, 6.07) is 0. The molecule has 2 saturated carbocycles. The summed E-state index contributed by atoms with van der Waals surface area (Å²) in [5, 5.41) is 13.3. The van der Waals surface area contributed by atoms with Crippen LogP contribution >= 0.6 is 0 Å². The Bertz CT molecular complexity index is 1750. The lowest BCUT2D eigenvalue weighted by Crippen LogP contribution is -2.25. The largest absolute Gasteiger partial charge is 0.460 e. The molecular formula is C40H67N9O8S. The Labute approximate surface area is 343 Å². The third-order valence-electron chi connectivity index (χ3n) is 10.4. The van der Waals surface area contributed by atoms with E-state index in [1.165, 1.54) is 70.6 Å². The van der Waals surface area contributed by atoms with Gasteiger partial charge in [-0.3, -0.25) is 9.59 Å². The lowest BCUT2D eigenvalue weighted by atomic mass is 9.84. The number of aromatic nitrogens is 7. The van der Waals surface area contributed by atoms with Crippen molar-refractivity contribution >= 4 is 22.0 Å². The lowest BCUT2D eigenvalue weighted by Gasteiger charge is -2.23. The number of nitrogens with two attached hydrogens (primary N) is 1. The predicted molar refractivity (Wildman–Crippen MR) is 214 cm³/mol. The Morgan fingerprint density at radius 3 is 1.67 bits per heavy atom. The molecule has 0 aromatic carbocycles. The first-order chi connectivity index (χ1) is 27.5. The van der Waals surface area contributed by atoms with Gasteiger partial charge in [-0.05, 0) is 66.2 Å². The Kier molecular flexibility index (Phi) is 18.2. The molecule has 3 aromatic rings. The van der Waals surface area contributed by atoms with E-state index in [0.29, 0.717) is 17.6 Å². The van der Waals surface area contributed by atoms with Gasteiger partial charge in [0.1, 0.15) is 17.5 Å². The van der Waals surface area contributed by atoms with Crippen LogP contribution in [0.4, 0.5) is 0 Å². The molecule has 3 heterocycles. The summed E-state index contributed by atoms with van der Waals surface area (Å²) < 4.78 is 48.4. The van der Waals surface area contributed by atoms with Gasteiger partial charge in [0.05, 0.1) is 25.9 Å². The average Bonchev–Trinajstić information content (AvgIpc) is 3.96. The molecule has 0 amide bonds. The fourth-order valence-electron chi connectivity index (χ4n) is 7.62. The van der Waals surface area contributed by atoms with Crippen molar-refractivity contribution in [2.24, 2.45) is 17.6 Å². The van der Waals surface area contributed by atoms with Gasteiger partial charge in [0.25, 0.3) is 15.2 Å². The van der Waals surface area contributed by atoms with E-state index in [0.717, 1.165) is 50.3 Å². The number of hydrogen-bond acceptors (Lipinski definition) is 15. The number of rotatable bonds is 19. The maximum Gasteiger partial charge on any atom is 0.307 e. The highest BCUT2D eigenvalue weighted by molar-refractivity contribution is 7.89. The van der Waals surface area contributed by atoms with Crippen LogP contribution in [-0.4, -0.2) is 67.0 Å². The van der Waals surface area contributed by atoms with Gasteiger partial charge in [0, 0.05) is 11.8 Å². The molecule has 0 bridgehead atoms. The van der Waals surface area contributed by atoms with Crippen molar-refractivity contribution in [2.75, 3.05) is 0 Å². The number of nitrogens with one attached hydrogen (secondary N) is 2. The van der Waals surface area contributed by atoms with Crippen LogP contribution in [0.5, 0.6) is 0 Å². The molecule has 5 rings (SSSR count). The molecule has 0 aliphatic heterocycles. The Morgan fingerprint density at radius 2 is 1.26 bits per heavy atom. The molecule has 3 aromatic heterocycles. The average molecular weight is 834 g/mol. The van der Waals surface area contributed by atoms with Crippen molar-refractivity contribution in [3.8, 4) is 0 Å². The van der Waals surface area contributed by atoms with Gasteiger partial charge in [0.2, 0.25) is 11.8 Å². The van der Waals surface area contributed by atoms with E-state index >= 15 is 0 Å². The number of H-pyrrole nitrogens is 1. The zero-order valence-electron chi connectivity index (χ0n) is 35.5. The van der Waals surface area contributed by atoms with Gasteiger partial charge in [-0.1, -0.05) is 100 Å². The number of hydrogen-bond donors (Lipinski definition) is 3. The third kappa shape index (κ3) is 17.2. The smallest absolute Gasteiger partial charge is 0.307 e. The van der Waals surface area contributed by atoms with Crippen LogP contribution in [-0.2, 0) is 42.2 Å².